The van der Waals surface area contributed by atoms with Gasteiger partial charge in [-0.1, -0.05) is 42.5 Å². The van der Waals surface area contributed by atoms with Crippen LogP contribution in [0, 0.1) is 0 Å². The molecule has 0 aliphatic carbocycles. The Kier molecular flexibility index (Phi) is 6.17. The molecule has 1 heterocycles. The van der Waals surface area contributed by atoms with E-state index in [1.54, 1.807) is 66.7 Å². The Bertz CT molecular complexity index is 1160. The summed E-state index contributed by atoms with van der Waals surface area (Å²) in [6.45, 7) is 2.28. The first-order valence-electron chi connectivity index (χ1n) is 10.1. The van der Waals surface area contributed by atoms with Crippen molar-refractivity contribution in [2.24, 2.45) is 0 Å². The number of nitrogens with one attached hydrogen (secondary N) is 1. The molecule has 3 aromatic rings. The number of fused-ring (bicyclic) bond motifs is 1. The molecule has 0 saturated carbocycles. The van der Waals surface area contributed by atoms with Crippen molar-refractivity contribution in [3.63, 3.8) is 0 Å². The normalized spacial score (nSPS) is 13.0. The predicted octanol–water partition coefficient (Wildman–Crippen LogP) is 4.20. The van der Waals surface area contributed by atoms with E-state index in [1.165, 1.54) is 13.0 Å². The summed E-state index contributed by atoms with van der Waals surface area (Å²) in [5.41, 5.74) is 1.64. The Morgan fingerprint density at radius 3 is 2.34 bits per heavy atom. The average molecular weight is 431 g/mol. The van der Waals surface area contributed by atoms with Crippen LogP contribution < -0.4 is 14.8 Å². The van der Waals surface area contributed by atoms with Crippen LogP contribution in [-0.4, -0.2) is 30.9 Å². The first kappa shape index (κ1) is 21.1. The number of anilines is 1. The minimum atomic E-state index is -1.20. The molecule has 1 atom stereocenters. The third-order valence-electron chi connectivity index (χ3n) is 4.88. The summed E-state index contributed by atoms with van der Waals surface area (Å²) in [6.07, 6.45) is -1.20. The molecule has 0 saturated heterocycles. The van der Waals surface area contributed by atoms with E-state index in [9.17, 15) is 14.4 Å². The van der Waals surface area contributed by atoms with E-state index in [-0.39, 0.29) is 11.3 Å². The molecule has 0 fully saturated rings. The number of hydrogen-bond acceptors (Lipinski definition) is 6. The van der Waals surface area contributed by atoms with Crippen molar-refractivity contribution >= 4 is 23.3 Å². The summed E-state index contributed by atoms with van der Waals surface area (Å²) >= 11 is 0. The maximum absolute atomic E-state index is 13.1. The summed E-state index contributed by atoms with van der Waals surface area (Å²) in [5, 5.41) is 2.73. The summed E-state index contributed by atoms with van der Waals surface area (Å²) in [7, 11) is 0. The van der Waals surface area contributed by atoms with Crippen molar-refractivity contribution in [3.8, 4) is 11.5 Å². The van der Waals surface area contributed by atoms with E-state index in [0.717, 1.165) is 0 Å². The Morgan fingerprint density at radius 2 is 1.59 bits per heavy atom. The van der Waals surface area contributed by atoms with Crippen molar-refractivity contribution in [2.75, 3.05) is 18.5 Å². The zero-order valence-corrected chi connectivity index (χ0v) is 17.4. The lowest BCUT2D eigenvalue weighted by Crippen LogP contribution is -2.26. The second-order valence-electron chi connectivity index (χ2n) is 7.18. The monoisotopic (exact) mass is 431 g/mol. The molecule has 0 aromatic heterocycles. The largest absolute Gasteiger partial charge is 0.486 e. The lowest BCUT2D eigenvalue weighted by molar-refractivity contribution is -0.125. The standard InChI is InChI=1S/C25H21NO6/c1-16(27)18-8-5-9-20(14-18)26-24(28)23(17-6-3-2-4-7-17)32-25(29)19-10-11-21-22(15-19)31-13-12-30-21/h2-11,14-15,23H,12-13H2,1H3,(H,26,28)/t23-/m0/s1. The van der Waals surface area contributed by atoms with Crippen LogP contribution in [0.1, 0.15) is 39.3 Å². The highest BCUT2D eigenvalue weighted by atomic mass is 16.6. The van der Waals surface area contributed by atoms with Gasteiger partial charge in [0.25, 0.3) is 5.91 Å². The van der Waals surface area contributed by atoms with Crippen LogP contribution >= 0.6 is 0 Å². The second kappa shape index (κ2) is 9.34. The number of amides is 1. The van der Waals surface area contributed by atoms with Crippen molar-refractivity contribution in [1.29, 1.82) is 0 Å². The summed E-state index contributed by atoms with van der Waals surface area (Å²) in [4.78, 5) is 37.6. The minimum absolute atomic E-state index is 0.120. The molecule has 1 N–H and O–H groups in total. The maximum atomic E-state index is 13.1. The van der Waals surface area contributed by atoms with Crippen LogP contribution in [0.3, 0.4) is 0 Å². The second-order valence-corrected chi connectivity index (χ2v) is 7.18. The van der Waals surface area contributed by atoms with Gasteiger partial charge in [0, 0.05) is 16.8 Å². The molecule has 0 unspecified atom stereocenters. The fourth-order valence-electron chi connectivity index (χ4n) is 3.27. The van der Waals surface area contributed by atoms with Crippen LogP contribution in [0.5, 0.6) is 11.5 Å². The van der Waals surface area contributed by atoms with Gasteiger partial charge in [-0.2, -0.15) is 0 Å². The number of ketones is 1. The molecule has 0 radical (unpaired) electrons. The Labute approximate surface area is 184 Å². The lowest BCUT2D eigenvalue weighted by Gasteiger charge is -2.20. The van der Waals surface area contributed by atoms with E-state index >= 15 is 0 Å². The molecular formula is C25H21NO6. The van der Waals surface area contributed by atoms with Crippen LogP contribution in [0.2, 0.25) is 0 Å². The predicted molar refractivity (Wildman–Crippen MR) is 117 cm³/mol. The highest BCUT2D eigenvalue weighted by molar-refractivity contribution is 6.00. The van der Waals surface area contributed by atoms with Crippen LogP contribution in [-0.2, 0) is 9.53 Å². The van der Waals surface area contributed by atoms with Crippen molar-refractivity contribution in [3.05, 3.63) is 89.5 Å². The molecule has 3 aromatic carbocycles. The van der Waals surface area contributed by atoms with Gasteiger partial charge in [-0.05, 0) is 37.3 Å². The van der Waals surface area contributed by atoms with E-state index in [0.29, 0.717) is 41.5 Å². The molecular weight excluding hydrogens is 410 g/mol. The molecule has 162 valence electrons. The molecule has 7 nitrogen and oxygen atoms in total. The Balaban J connectivity index is 1.57. The molecule has 0 bridgehead atoms. The van der Waals surface area contributed by atoms with Gasteiger partial charge in [0.15, 0.2) is 17.3 Å². The number of rotatable bonds is 6. The van der Waals surface area contributed by atoms with Gasteiger partial charge >= 0.3 is 5.97 Å². The van der Waals surface area contributed by atoms with E-state index < -0.39 is 18.0 Å². The quantitative estimate of drug-likeness (QED) is 0.465. The number of ether oxygens (including phenoxy) is 3. The fraction of sp³-hybridized carbons (Fsp3) is 0.160. The Morgan fingerprint density at radius 1 is 0.844 bits per heavy atom. The van der Waals surface area contributed by atoms with E-state index in [1.807, 2.05) is 0 Å². The van der Waals surface area contributed by atoms with Gasteiger partial charge in [0.1, 0.15) is 13.2 Å². The molecule has 1 amide bonds. The topological polar surface area (TPSA) is 90.9 Å². The SMILES string of the molecule is CC(=O)c1cccc(NC(=O)[C@@H](OC(=O)c2ccc3c(c2)OCCO3)c2ccccc2)c1. The van der Waals surface area contributed by atoms with Crippen molar-refractivity contribution < 1.29 is 28.6 Å². The summed E-state index contributed by atoms with van der Waals surface area (Å²) < 4.78 is 16.6. The highest BCUT2D eigenvalue weighted by Gasteiger charge is 2.27. The number of esters is 1. The smallest absolute Gasteiger partial charge is 0.339 e. The summed E-state index contributed by atoms with van der Waals surface area (Å²) in [6, 6.07) is 20.0. The minimum Gasteiger partial charge on any atom is -0.486 e. The van der Waals surface area contributed by atoms with Crippen LogP contribution in [0.25, 0.3) is 0 Å². The maximum Gasteiger partial charge on any atom is 0.339 e. The molecule has 1 aliphatic rings. The first-order chi connectivity index (χ1) is 15.5. The molecule has 0 spiro atoms. The average Bonchev–Trinajstić information content (AvgIpc) is 2.82. The van der Waals surface area contributed by atoms with Crippen LogP contribution in [0.4, 0.5) is 5.69 Å². The number of benzene rings is 3. The van der Waals surface area contributed by atoms with Gasteiger partial charge in [0.2, 0.25) is 6.10 Å². The first-order valence-corrected chi connectivity index (χ1v) is 10.1. The van der Waals surface area contributed by atoms with Gasteiger partial charge in [0.05, 0.1) is 5.56 Å². The van der Waals surface area contributed by atoms with Gasteiger partial charge in [-0.15, -0.1) is 0 Å². The van der Waals surface area contributed by atoms with Crippen LogP contribution in [0.15, 0.2) is 72.8 Å². The van der Waals surface area contributed by atoms with Crippen molar-refractivity contribution in [1.82, 2.24) is 0 Å². The number of Topliss-reactive ketones (excluding diaryl/α,β-unsaturated/α-hetero) is 1. The molecule has 32 heavy (non-hydrogen) atoms. The molecule has 7 heteroatoms. The van der Waals surface area contributed by atoms with Gasteiger partial charge in [-0.25, -0.2) is 4.79 Å². The molecule has 4 rings (SSSR count). The summed E-state index contributed by atoms with van der Waals surface area (Å²) in [5.74, 6) is -0.333. The third-order valence-corrected chi connectivity index (χ3v) is 4.88. The van der Waals surface area contributed by atoms with Gasteiger partial charge in [-0.3, -0.25) is 9.59 Å². The Hall–Kier alpha value is -4.13. The number of carbonyl (C=O) groups excluding carboxylic acids is 3. The fourth-order valence-corrected chi connectivity index (χ4v) is 3.27. The van der Waals surface area contributed by atoms with E-state index in [4.69, 9.17) is 14.2 Å². The number of carbonyl (C=O) groups is 3. The lowest BCUT2D eigenvalue weighted by atomic mass is 10.1. The zero-order chi connectivity index (χ0) is 22.5. The number of hydrogen-bond donors (Lipinski definition) is 1. The zero-order valence-electron chi connectivity index (χ0n) is 17.4. The van der Waals surface area contributed by atoms with Gasteiger partial charge < -0.3 is 19.5 Å². The van der Waals surface area contributed by atoms with E-state index in [2.05, 4.69) is 5.32 Å². The van der Waals surface area contributed by atoms with Crippen molar-refractivity contribution in [2.45, 2.75) is 13.0 Å². The molecule has 1 aliphatic heterocycles. The highest BCUT2D eigenvalue weighted by Crippen LogP contribution is 2.31. The third kappa shape index (κ3) is 4.78.